The van der Waals surface area contributed by atoms with Crippen LogP contribution in [0.15, 0.2) is 23.1 Å². The van der Waals surface area contributed by atoms with Gasteiger partial charge in [0.05, 0.1) is 29.9 Å². The van der Waals surface area contributed by atoms with Crippen LogP contribution in [0.25, 0.3) is 0 Å². The fourth-order valence-electron chi connectivity index (χ4n) is 5.04. The third-order valence-electron chi connectivity index (χ3n) is 6.61. The summed E-state index contributed by atoms with van der Waals surface area (Å²) in [4.78, 5) is 24.8. The summed E-state index contributed by atoms with van der Waals surface area (Å²) in [6.07, 6.45) is 4.09. The molecular weight excluding hydrogens is 370 g/mol. The molecule has 0 N–H and O–H groups in total. The lowest BCUT2D eigenvalue weighted by molar-refractivity contribution is 0.0270. The highest BCUT2D eigenvalue weighted by Crippen LogP contribution is 2.60. The van der Waals surface area contributed by atoms with Crippen LogP contribution in [0.2, 0.25) is 0 Å². The van der Waals surface area contributed by atoms with E-state index in [1.807, 2.05) is 0 Å². The van der Waals surface area contributed by atoms with Gasteiger partial charge in [-0.25, -0.2) is 17.5 Å². The standard InChI is InChI=1S/C19H19NO6S/c21-18-12-4-1-9(6-16(12)27(23,24)20(18)11-2-3-11)19(22)25-8-10-5-15-13-7-14(13)17(10)26-15/h1,4,6,10-11,13-15,17H,2-3,5,7-8H2/t10-,13+,14-,15-,17+/m0/s1. The van der Waals surface area contributed by atoms with Crippen molar-refractivity contribution in [3.63, 3.8) is 0 Å². The first-order valence-electron chi connectivity index (χ1n) is 9.50. The number of sulfonamides is 1. The molecule has 3 aliphatic heterocycles. The second-order valence-corrected chi connectivity index (χ2v) is 10.1. The van der Waals surface area contributed by atoms with E-state index in [9.17, 15) is 18.0 Å². The van der Waals surface area contributed by atoms with Crippen molar-refractivity contribution in [3.8, 4) is 0 Å². The number of ether oxygens (including phenoxy) is 2. The average molecular weight is 389 g/mol. The number of hydrogen-bond donors (Lipinski definition) is 0. The van der Waals surface area contributed by atoms with Gasteiger partial charge in [-0.05, 0) is 55.7 Å². The van der Waals surface area contributed by atoms with Crippen LogP contribution in [-0.2, 0) is 19.5 Å². The monoisotopic (exact) mass is 389 g/mol. The number of hydrogen-bond acceptors (Lipinski definition) is 6. The van der Waals surface area contributed by atoms with Crippen LogP contribution in [0.1, 0.15) is 46.4 Å². The van der Waals surface area contributed by atoms with Gasteiger partial charge in [0.1, 0.15) is 4.90 Å². The van der Waals surface area contributed by atoms with E-state index in [0.29, 0.717) is 31.5 Å². The Labute approximate surface area is 156 Å². The molecule has 2 saturated carbocycles. The van der Waals surface area contributed by atoms with Crippen LogP contribution in [0.3, 0.4) is 0 Å². The molecule has 4 fully saturated rings. The minimum Gasteiger partial charge on any atom is -0.462 e. The smallest absolute Gasteiger partial charge is 0.338 e. The second kappa shape index (κ2) is 5.11. The van der Waals surface area contributed by atoms with Crippen molar-refractivity contribution in [2.45, 2.75) is 48.8 Å². The molecule has 2 aliphatic carbocycles. The molecule has 7 nitrogen and oxygen atoms in total. The Morgan fingerprint density at radius 1 is 1.22 bits per heavy atom. The Balaban J connectivity index is 1.20. The maximum atomic E-state index is 12.7. The first-order valence-corrected chi connectivity index (χ1v) is 10.9. The largest absolute Gasteiger partial charge is 0.462 e. The quantitative estimate of drug-likeness (QED) is 0.726. The molecule has 8 heteroatoms. The van der Waals surface area contributed by atoms with Crippen molar-refractivity contribution in [1.29, 1.82) is 0 Å². The molecule has 27 heavy (non-hydrogen) atoms. The van der Waals surface area contributed by atoms with E-state index in [2.05, 4.69) is 0 Å². The fourth-order valence-corrected chi connectivity index (χ4v) is 6.88. The molecule has 5 atom stereocenters. The van der Waals surface area contributed by atoms with Crippen LogP contribution in [0.4, 0.5) is 0 Å². The van der Waals surface area contributed by atoms with Crippen molar-refractivity contribution in [3.05, 3.63) is 29.3 Å². The number of fused-ring (bicyclic) bond motifs is 6. The molecule has 3 heterocycles. The molecule has 1 amide bonds. The molecule has 5 aliphatic rings. The summed E-state index contributed by atoms with van der Waals surface area (Å²) in [6, 6.07) is 3.93. The van der Waals surface area contributed by atoms with Gasteiger partial charge in [-0.1, -0.05) is 0 Å². The first kappa shape index (κ1) is 16.1. The van der Waals surface area contributed by atoms with Crippen molar-refractivity contribution >= 4 is 21.9 Å². The minimum atomic E-state index is -3.87. The van der Waals surface area contributed by atoms with Crippen LogP contribution < -0.4 is 0 Å². The van der Waals surface area contributed by atoms with Gasteiger partial charge < -0.3 is 9.47 Å². The third kappa shape index (κ3) is 2.20. The highest BCUT2D eigenvalue weighted by Gasteiger charge is 2.62. The highest BCUT2D eigenvalue weighted by atomic mass is 32.2. The summed E-state index contributed by atoms with van der Waals surface area (Å²) < 4.78 is 37.7. The maximum Gasteiger partial charge on any atom is 0.338 e. The Bertz CT molecular complexity index is 984. The molecule has 1 aromatic rings. The lowest BCUT2D eigenvalue weighted by atomic mass is 9.90. The number of rotatable bonds is 4. The number of benzene rings is 1. The van der Waals surface area contributed by atoms with E-state index in [1.165, 1.54) is 24.6 Å². The van der Waals surface area contributed by atoms with Gasteiger partial charge in [0.25, 0.3) is 15.9 Å². The van der Waals surface area contributed by atoms with Crippen LogP contribution in [0.5, 0.6) is 0 Å². The van der Waals surface area contributed by atoms with E-state index in [-0.39, 0.29) is 34.1 Å². The Morgan fingerprint density at radius 2 is 2.04 bits per heavy atom. The van der Waals surface area contributed by atoms with Gasteiger partial charge in [-0.2, -0.15) is 0 Å². The summed E-state index contributed by atoms with van der Waals surface area (Å²) >= 11 is 0. The summed E-state index contributed by atoms with van der Waals surface area (Å²) in [5, 5.41) is 0. The van der Waals surface area contributed by atoms with Crippen LogP contribution in [0, 0.1) is 17.8 Å². The van der Waals surface area contributed by atoms with Gasteiger partial charge in [0.2, 0.25) is 0 Å². The first-order chi connectivity index (χ1) is 12.9. The van der Waals surface area contributed by atoms with Gasteiger partial charge in [-0.15, -0.1) is 0 Å². The number of nitrogens with zero attached hydrogens (tertiary/aromatic N) is 1. The molecule has 6 rings (SSSR count). The van der Waals surface area contributed by atoms with E-state index >= 15 is 0 Å². The molecule has 2 bridgehead atoms. The Morgan fingerprint density at radius 3 is 2.74 bits per heavy atom. The zero-order valence-electron chi connectivity index (χ0n) is 14.5. The van der Waals surface area contributed by atoms with Gasteiger partial charge in [0, 0.05) is 12.0 Å². The minimum absolute atomic E-state index is 0.0853. The zero-order valence-corrected chi connectivity index (χ0v) is 15.4. The molecule has 2 saturated heterocycles. The normalized spacial score (nSPS) is 37.3. The van der Waals surface area contributed by atoms with Crippen molar-refractivity contribution < 1.29 is 27.5 Å². The molecule has 0 spiro atoms. The predicted octanol–water partition coefficient (Wildman–Crippen LogP) is 1.57. The zero-order chi connectivity index (χ0) is 18.5. The van der Waals surface area contributed by atoms with E-state index in [0.717, 1.165) is 16.6 Å². The fraction of sp³-hybridized carbons (Fsp3) is 0.579. The Hall–Kier alpha value is -1.93. The molecule has 0 radical (unpaired) electrons. The van der Waals surface area contributed by atoms with Crippen molar-refractivity contribution in [2.24, 2.45) is 17.8 Å². The van der Waals surface area contributed by atoms with E-state index in [4.69, 9.17) is 9.47 Å². The summed E-state index contributed by atoms with van der Waals surface area (Å²) in [7, 11) is -3.87. The topological polar surface area (TPSA) is 90.0 Å². The molecule has 1 aromatic carbocycles. The molecule has 142 valence electrons. The second-order valence-electron chi connectivity index (χ2n) is 8.34. The number of carbonyl (C=O) groups excluding carboxylic acids is 2. The number of carbonyl (C=O) groups is 2. The number of amides is 1. The summed E-state index contributed by atoms with van der Waals surface area (Å²) in [5.41, 5.74) is 0.302. The van der Waals surface area contributed by atoms with Crippen LogP contribution >= 0.6 is 0 Å². The van der Waals surface area contributed by atoms with Gasteiger partial charge >= 0.3 is 5.97 Å². The third-order valence-corrected chi connectivity index (χ3v) is 8.49. The van der Waals surface area contributed by atoms with Crippen molar-refractivity contribution in [2.75, 3.05) is 6.61 Å². The SMILES string of the molecule is O=C(OC[C@@H]1C[C@@H]2O[C@H]1[C@H]1C[C@H]12)c1ccc2c(c1)S(=O)(=O)N(C1CC1)C2=O. The van der Waals surface area contributed by atoms with Crippen LogP contribution in [-0.4, -0.2) is 49.5 Å². The number of esters is 1. The molecule has 0 unspecified atom stereocenters. The summed E-state index contributed by atoms with van der Waals surface area (Å²) in [6.45, 7) is 0.292. The highest BCUT2D eigenvalue weighted by molar-refractivity contribution is 7.90. The van der Waals surface area contributed by atoms with E-state index < -0.39 is 21.9 Å². The average Bonchev–Trinajstić information content (AvgIpc) is 3.56. The molecular formula is C19H19NO6S. The van der Waals surface area contributed by atoms with Gasteiger partial charge in [-0.3, -0.25) is 4.79 Å². The predicted molar refractivity (Wildman–Crippen MR) is 91.5 cm³/mol. The lowest BCUT2D eigenvalue weighted by Crippen LogP contribution is -2.31. The van der Waals surface area contributed by atoms with Crippen molar-refractivity contribution in [1.82, 2.24) is 4.31 Å². The van der Waals surface area contributed by atoms with Gasteiger partial charge in [0.15, 0.2) is 0 Å². The van der Waals surface area contributed by atoms with E-state index in [1.54, 1.807) is 0 Å². The summed E-state index contributed by atoms with van der Waals surface area (Å²) in [5.74, 6) is 0.534. The maximum absolute atomic E-state index is 12.7. The lowest BCUT2D eigenvalue weighted by Gasteiger charge is -2.18. The Kier molecular flexibility index (Phi) is 3.04. The molecule has 0 aromatic heterocycles.